The van der Waals surface area contributed by atoms with Gasteiger partial charge in [-0.15, -0.1) is 0 Å². The average molecular weight is 278 g/mol. The number of carboxylic acid groups (broad SMARTS) is 1. The Kier molecular flexibility index (Phi) is 3.99. The Bertz CT molecular complexity index is 570. The van der Waals surface area contributed by atoms with Gasteiger partial charge in [0.15, 0.2) is 0 Å². The maximum Gasteiger partial charge on any atom is 0.326 e. The highest BCUT2D eigenvalue weighted by molar-refractivity contribution is 6.02. The third kappa shape index (κ3) is 2.94. The van der Waals surface area contributed by atoms with Crippen molar-refractivity contribution in [1.29, 1.82) is 0 Å². The Hall–Kier alpha value is -2.41. The molecule has 0 aliphatic carbocycles. The number of fused-ring (bicyclic) bond motifs is 1. The Morgan fingerprint density at radius 1 is 1.40 bits per heavy atom. The lowest BCUT2D eigenvalue weighted by Gasteiger charge is -2.13. The predicted molar refractivity (Wildman–Crippen MR) is 69.4 cm³/mol. The molecule has 0 radical (unpaired) electrons. The zero-order valence-corrected chi connectivity index (χ0v) is 10.5. The fourth-order valence-corrected chi connectivity index (χ4v) is 1.98. The number of carbonyl (C=O) groups is 3. The lowest BCUT2D eigenvalue weighted by atomic mass is 10.1. The monoisotopic (exact) mass is 278 g/mol. The Morgan fingerprint density at radius 3 is 2.80 bits per heavy atom. The molecular weight excluding hydrogens is 264 g/mol. The van der Waals surface area contributed by atoms with E-state index in [1.807, 2.05) is 0 Å². The molecule has 1 aromatic carbocycles. The summed E-state index contributed by atoms with van der Waals surface area (Å²) in [5.41, 5.74) is 1.63. The number of benzene rings is 1. The fourth-order valence-electron chi connectivity index (χ4n) is 1.98. The highest BCUT2D eigenvalue weighted by atomic mass is 16.4. The number of nitrogens with one attached hydrogen (secondary N) is 2. The summed E-state index contributed by atoms with van der Waals surface area (Å²) < 4.78 is 0. The molecule has 4 N–H and O–H groups in total. The van der Waals surface area contributed by atoms with Gasteiger partial charge in [0.25, 0.3) is 5.91 Å². The average Bonchev–Trinajstić information content (AvgIpc) is 2.76. The van der Waals surface area contributed by atoms with Crippen molar-refractivity contribution in [2.75, 3.05) is 11.9 Å². The minimum Gasteiger partial charge on any atom is -0.480 e. The molecular formula is C13H14N2O5. The highest BCUT2D eigenvalue weighted by Crippen LogP contribution is 2.24. The highest BCUT2D eigenvalue weighted by Gasteiger charge is 2.22. The number of carbonyl (C=O) groups excluding carboxylic acids is 2. The zero-order chi connectivity index (χ0) is 14.7. The number of carboxylic acids is 1. The van der Waals surface area contributed by atoms with Gasteiger partial charge in [-0.25, -0.2) is 4.79 Å². The molecule has 106 valence electrons. The van der Waals surface area contributed by atoms with E-state index >= 15 is 0 Å². The molecule has 7 nitrogen and oxygen atoms in total. The summed E-state index contributed by atoms with van der Waals surface area (Å²) in [4.78, 5) is 34.1. The predicted octanol–water partition coefficient (Wildman–Crippen LogP) is -0.253. The van der Waals surface area contributed by atoms with Crippen LogP contribution in [0.25, 0.3) is 0 Å². The molecule has 0 spiro atoms. The van der Waals surface area contributed by atoms with E-state index < -0.39 is 17.9 Å². The van der Waals surface area contributed by atoms with E-state index in [9.17, 15) is 14.4 Å². The molecule has 1 aliphatic rings. The third-order valence-corrected chi connectivity index (χ3v) is 3.02. The van der Waals surface area contributed by atoms with Gasteiger partial charge in [0, 0.05) is 24.3 Å². The number of hydrogen-bond donors (Lipinski definition) is 4. The molecule has 1 heterocycles. The van der Waals surface area contributed by atoms with Crippen molar-refractivity contribution in [3.63, 3.8) is 0 Å². The number of anilines is 1. The van der Waals surface area contributed by atoms with Gasteiger partial charge >= 0.3 is 5.97 Å². The molecule has 0 saturated carbocycles. The topological polar surface area (TPSA) is 116 Å². The van der Waals surface area contributed by atoms with Gasteiger partial charge in [0.2, 0.25) is 5.91 Å². The summed E-state index contributed by atoms with van der Waals surface area (Å²) in [5, 5.41) is 22.6. The van der Waals surface area contributed by atoms with E-state index in [0.717, 1.165) is 5.56 Å². The second-order valence-electron chi connectivity index (χ2n) is 4.47. The van der Waals surface area contributed by atoms with Gasteiger partial charge < -0.3 is 20.8 Å². The van der Waals surface area contributed by atoms with Crippen LogP contribution in [0.5, 0.6) is 0 Å². The molecule has 7 heteroatoms. The van der Waals surface area contributed by atoms with Gasteiger partial charge in [-0.3, -0.25) is 9.59 Å². The lowest BCUT2D eigenvalue weighted by molar-refractivity contribution is -0.139. The van der Waals surface area contributed by atoms with E-state index in [1.165, 1.54) is 12.1 Å². The smallest absolute Gasteiger partial charge is 0.326 e. The van der Waals surface area contributed by atoms with E-state index in [0.29, 0.717) is 5.69 Å². The first-order chi connectivity index (χ1) is 9.51. The fraction of sp³-hybridized carbons (Fsp3) is 0.308. The second-order valence-corrected chi connectivity index (χ2v) is 4.47. The first-order valence-corrected chi connectivity index (χ1v) is 6.08. The second kappa shape index (κ2) is 5.70. The standard InChI is InChI=1S/C13H14N2O5/c16-4-3-9(13(19)20)15-12(18)8-2-1-7-6-11(17)14-10(7)5-8/h1-2,5,9,16H,3-4,6H2,(H,14,17)(H,15,18)(H,19,20)/t9-/m1/s1. The molecule has 2 rings (SSSR count). The van der Waals surface area contributed by atoms with Crippen LogP contribution in [0.1, 0.15) is 22.3 Å². The van der Waals surface area contributed by atoms with Crippen LogP contribution < -0.4 is 10.6 Å². The van der Waals surface area contributed by atoms with Crippen LogP contribution in [-0.2, 0) is 16.0 Å². The summed E-state index contributed by atoms with van der Waals surface area (Å²) in [6, 6.07) is 3.55. The number of aliphatic hydroxyl groups is 1. The van der Waals surface area contributed by atoms with Crippen LogP contribution in [0.4, 0.5) is 5.69 Å². The normalized spacial score (nSPS) is 14.3. The van der Waals surface area contributed by atoms with Gasteiger partial charge in [-0.05, 0) is 17.7 Å². The molecule has 1 aliphatic heterocycles. The molecule has 0 unspecified atom stereocenters. The summed E-state index contributed by atoms with van der Waals surface area (Å²) in [6.07, 6.45) is 0.211. The number of hydrogen-bond acceptors (Lipinski definition) is 4. The van der Waals surface area contributed by atoms with Crippen LogP contribution in [0.15, 0.2) is 18.2 Å². The number of amides is 2. The Morgan fingerprint density at radius 2 is 2.15 bits per heavy atom. The summed E-state index contributed by atoms with van der Waals surface area (Å²) >= 11 is 0. The maximum atomic E-state index is 11.9. The number of aliphatic carboxylic acids is 1. The lowest BCUT2D eigenvalue weighted by Crippen LogP contribution is -2.41. The van der Waals surface area contributed by atoms with E-state index in [1.54, 1.807) is 6.07 Å². The van der Waals surface area contributed by atoms with Crippen molar-refractivity contribution < 1.29 is 24.6 Å². The van der Waals surface area contributed by atoms with Crippen LogP contribution >= 0.6 is 0 Å². The molecule has 1 aromatic rings. The van der Waals surface area contributed by atoms with Crippen LogP contribution in [0.2, 0.25) is 0 Å². The largest absolute Gasteiger partial charge is 0.480 e. The quantitative estimate of drug-likeness (QED) is 0.592. The van der Waals surface area contributed by atoms with Gasteiger partial charge in [-0.1, -0.05) is 6.07 Å². The van der Waals surface area contributed by atoms with Gasteiger partial charge in [0.1, 0.15) is 6.04 Å². The van der Waals surface area contributed by atoms with Crippen molar-refractivity contribution in [3.05, 3.63) is 29.3 Å². The molecule has 2 amide bonds. The minimum absolute atomic E-state index is 0.0667. The third-order valence-electron chi connectivity index (χ3n) is 3.02. The van der Waals surface area contributed by atoms with Crippen molar-refractivity contribution in [1.82, 2.24) is 5.32 Å². The van der Waals surface area contributed by atoms with Crippen molar-refractivity contribution in [3.8, 4) is 0 Å². The van der Waals surface area contributed by atoms with Crippen molar-refractivity contribution >= 4 is 23.5 Å². The SMILES string of the molecule is O=C1Cc2ccc(C(=O)N[C@H](CCO)C(=O)O)cc2N1. The van der Waals surface area contributed by atoms with Crippen molar-refractivity contribution in [2.45, 2.75) is 18.9 Å². The molecule has 0 fully saturated rings. The molecule has 0 saturated heterocycles. The summed E-state index contributed by atoms with van der Waals surface area (Å²) in [6.45, 7) is -0.336. The van der Waals surface area contributed by atoms with Crippen LogP contribution in [0, 0.1) is 0 Å². The summed E-state index contributed by atoms with van der Waals surface area (Å²) in [5.74, 6) is -1.90. The summed E-state index contributed by atoms with van der Waals surface area (Å²) in [7, 11) is 0. The zero-order valence-electron chi connectivity index (χ0n) is 10.5. The molecule has 0 aromatic heterocycles. The number of rotatable bonds is 5. The Labute approximate surface area is 114 Å². The van der Waals surface area contributed by atoms with Gasteiger partial charge in [-0.2, -0.15) is 0 Å². The Balaban J connectivity index is 2.12. The van der Waals surface area contributed by atoms with Crippen molar-refractivity contribution in [2.24, 2.45) is 0 Å². The van der Waals surface area contributed by atoms with Crippen LogP contribution in [-0.4, -0.2) is 40.6 Å². The minimum atomic E-state index is -1.21. The molecule has 1 atom stereocenters. The van der Waals surface area contributed by atoms with E-state index in [-0.39, 0.29) is 30.9 Å². The first-order valence-electron chi connectivity index (χ1n) is 6.08. The number of aliphatic hydroxyl groups excluding tert-OH is 1. The molecule has 20 heavy (non-hydrogen) atoms. The molecule has 0 bridgehead atoms. The van der Waals surface area contributed by atoms with Gasteiger partial charge in [0.05, 0.1) is 6.42 Å². The first kappa shape index (κ1) is 14.0. The van der Waals surface area contributed by atoms with E-state index in [4.69, 9.17) is 10.2 Å². The van der Waals surface area contributed by atoms with E-state index in [2.05, 4.69) is 10.6 Å². The van der Waals surface area contributed by atoms with Crippen LogP contribution in [0.3, 0.4) is 0 Å². The maximum absolute atomic E-state index is 11.9.